The lowest BCUT2D eigenvalue weighted by Gasteiger charge is -2.37. The fraction of sp³-hybridized carbons (Fsp3) is 0.538. The normalized spacial score (nSPS) is 17.4. The Balaban J connectivity index is 1.54. The molecular formula is C26H34N4O3S. The van der Waals surface area contributed by atoms with Crippen LogP contribution in [0.25, 0.3) is 0 Å². The lowest BCUT2D eigenvalue weighted by atomic mass is 9.98. The summed E-state index contributed by atoms with van der Waals surface area (Å²) < 4.78 is 0. The molecule has 2 fully saturated rings. The van der Waals surface area contributed by atoms with E-state index in [1.54, 1.807) is 16.5 Å². The summed E-state index contributed by atoms with van der Waals surface area (Å²) in [7, 11) is 0. The SMILES string of the molecule is Cc1ccc([C@@H](C(=O)NC2CCCC2)N(C(=O)CCC(=O)Nc2nccs2)C2CCCC2)cc1. The van der Waals surface area contributed by atoms with Crippen molar-refractivity contribution in [1.82, 2.24) is 15.2 Å². The molecule has 2 saturated carbocycles. The Labute approximate surface area is 205 Å². The van der Waals surface area contributed by atoms with Crippen LogP contribution in [0.3, 0.4) is 0 Å². The average molecular weight is 483 g/mol. The summed E-state index contributed by atoms with van der Waals surface area (Å²) in [6, 6.07) is 7.39. The maximum Gasteiger partial charge on any atom is 0.247 e. The van der Waals surface area contributed by atoms with Gasteiger partial charge in [0.1, 0.15) is 6.04 Å². The third-order valence-electron chi connectivity index (χ3n) is 6.87. The van der Waals surface area contributed by atoms with Crippen LogP contribution in [-0.4, -0.2) is 39.7 Å². The molecule has 0 radical (unpaired) electrons. The number of amides is 3. The highest BCUT2D eigenvalue weighted by atomic mass is 32.1. The highest BCUT2D eigenvalue weighted by Crippen LogP contribution is 2.33. The second-order valence-corrected chi connectivity index (χ2v) is 10.3. The lowest BCUT2D eigenvalue weighted by molar-refractivity contribution is -0.144. The lowest BCUT2D eigenvalue weighted by Crippen LogP contribution is -2.49. The predicted molar refractivity (Wildman–Crippen MR) is 133 cm³/mol. The first kappa shape index (κ1) is 24.4. The van der Waals surface area contributed by atoms with Gasteiger partial charge in [-0.05, 0) is 38.2 Å². The molecule has 1 aromatic carbocycles. The number of nitrogens with zero attached hydrogens (tertiary/aromatic N) is 2. The monoisotopic (exact) mass is 482 g/mol. The first-order valence-corrected chi connectivity index (χ1v) is 13.3. The number of aromatic nitrogens is 1. The van der Waals surface area contributed by atoms with E-state index in [2.05, 4.69) is 15.6 Å². The molecule has 2 aromatic rings. The number of hydrogen-bond acceptors (Lipinski definition) is 5. The second-order valence-electron chi connectivity index (χ2n) is 9.43. The number of anilines is 1. The molecule has 0 aliphatic heterocycles. The highest BCUT2D eigenvalue weighted by Gasteiger charge is 2.38. The largest absolute Gasteiger partial charge is 0.351 e. The summed E-state index contributed by atoms with van der Waals surface area (Å²) in [6.45, 7) is 2.01. The van der Waals surface area contributed by atoms with Gasteiger partial charge < -0.3 is 15.5 Å². The Morgan fingerprint density at radius 1 is 1.03 bits per heavy atom. The van der Waals surface area contributed by atoms with E-state index in [1.165, 1.54) is 11.3 Å². The van der Waals surface area contributed by atoms with Crippen molar-refractivity contribution >= 4 is 34.2 Å². The molecule has 2 aliphatic carbocycles. The highest BCUT2D eigenvalue weighted by molar-refractivity contribution is 7.13. The van der Waals surface area contributed by atoms with E-state index in [0.29, 0.717) is 5.13 Å². The van der Waals surface area contributed by atoms with Gasteiger partial charge in [0.15, 0.2) is 5.13 Å². The van der Waals surface area contributed by atoms with Crippen molar-refractivity contribution < 1.29 is 14.4 Å². The fourth-order valence-electron chi connectivity index (χ4n) is 5.09. The van der Waals surface area contributed by atoms with E-state index in [1.807, 2.05) is 31.2 Å². The van der Waals surface area contributed by atoms with Crippen molar-refractivity contribution in [2.45, 2.75) is 89.3 Å². The third-order valence-corrected chi connectivity index (χ3v) is 7.56. The number of nitrogens with one attached hydrogen (secondary N) is 2. The molecule has 2 N–H and O–H groups in total. The Morgan fingerprint density at radius 3 is 2.35 bits per heavy atom. The van der Waals surface area contributed by atoms with Crippen LogP contribution in [0.15, 0.2) is 35.8 Å². The smallest absolute Gasteiger partial charge is 0.247 e. The Morgan fingerprint density at radius 2 is 1.71 bits per heavy atom. The molecular weight excluding hydrogens is 448 g/mol. The predicted octanol–water partition coefficient (Wildman–Crippen LogP) is 4.74. The van der Waals surface area contributed by atoms with Gasteiger partial charge in [-0.15, -0.1) is 11.3 Å². The van der Waals surface area contributed by atoms with Crippen molar-refractivity contribution in [2.75, 3.05) is 5.32 Å². The van der Waals surface area contributed by atoms with E-state index >= 15 is 0 Å². The van der Waals surface area contributed by atoms with E-state index in [0.717, 1.165) is 62.5 Å². The third kappa shape index (κ3) is 6.23. The summed E-state index contributed by atoms with van der Waals surface area (Å²) >= 11 is 1.34. The van der Waals surface area contributed by atoms with Gasteiger partial charge in [-0.1, -0.05) is 55.5 Å². The van der Waals surface area contributed by atoms with Crippen LogP contribution in [0.4, 0.5) is 5.13 Å². The van der Waals surface area contributed by atoms with Gasteiger partial charge >= 0.3 is 0 Å². The summed E-state index contributed by atoms with van der Waals surface area (Å²) in [5.74, 6) is -0.492. The van der Waals surface area contributed by atoms with Crippen molar-refractivity contribution in [3.63, 3.8) is 0 Å². The molecule has 1 heterocycles. The van der Waals surface area contributed by atoms with Crippen LogP contribution in [0.5, 0.6) is 0 Å². The molecule has 182 valence electrons. The number of aryl methyl sites for hydroxylation is 1. The molecule has 34 heavy (non-hydrogen) atoms. The fourth-order valence-corrected chi connectivity index (χ4v) is 5.64. The second kappa shape index (κ2) is 11.6. The minimum atomic E-state index is -0.682. The molecule has 2 aliphatic rings. The van der Waals surface area contributed by atoms with Gasteiger partial charge in [0.2, 0.25) is 17.7 Å². The van der Waals surface area contributed by atoms with Crippen LogP contribution in [0, 0.1) is 6.92 Å². The summed E-state index contributed by atoms with van der Waals surface area (Å²) in [5.41, 5.74) is 1.94. The molecule has 1 atom stereocenters. The number of hydrogen-bond donors (Lipinski definition) is 2. The summed E-state index contributed by atoms with van der Waals surface area (Å²) in [4.78, 5) is 45.5. The van der Waals surface area contributed by atoms with E-state index in [-0.39, 0.29) is 42.6 Å². The van der Waals surface area contributed by atoms with Crippen LogP contribution in [0.1, 0.15) is 81.4 Å². The molecule has 3 amide bonds. The molecule has 0 saturated heterocycles. The van der Waals surface area contributed by atoms with Crippen LogP contribution in [-0.2, 0) is 14.4 Å². The summed E-state index contributed by atoms with van der Waals surface area (Å²) in [6.07, 6.45) is 9.84. The first-order chi connectivity index (χ1) is 16.5. The van der Waals surface area contributed by atoms with E-state index < -0.39 is 6.04 Å². The number of carbonyl (C=O) groups excluding carboxylic acids is 3. The van der Waals surface area contributed by atoms with Crippen LogP contribution in [0.2, 0.25) is 0 Å². The zero-order valence-corrected chi connectivity index (χ0v) is 20.6. The minimum Gasteiger partial charge on any atom is -0.351 e. The van der Waals surface area contributed by atoms with Gasteiger partial charge in [0.05, 0.1) is 0 Å². The van der Waals surface area contributed by atoms with Gasteiger partial charge in [-0.25, -0.2) is 4.98 Å². The zero-order chi connectivity index (χ0) is 23.9. The van der Waals surface area contributed by atoms with Gasteiger partial charge in [-0.2, -0.15) is 0 Å². The van der Waals surface area contributed by atoms with Crippen molar-refractivity contribution in [2.24, 2.45) is 0 Å². The Kier molecular flexibility index (Phi) is 8.32. The molecule has 0 spiro atoms. The number of carbonyl (C=O) groups is 3. The maximum atomic E-state index is 13.6. The van der Waals surface area contributed by atoms with Crippen molar-refractivity contribution in [1.29, 1.82) is 0 Å². The maximum absolute atomic E-state index is 13.6. The average Bonchev–Trinajstić information content (AvgIpc) is 3.60. The Bertz CT molecular complexity index is 964. The Hall–Kier alpha value is -2.74. The van der Waals surface area contributed by atoms with Crippen LogP contribution < -0.4 is 10.6 Å². The molecule has 4 rings (SSSR count). The van der Waals surface area contributed by atoms with Crippen molar-refractivity contribution in [3.05, 3.63) is 47.0 Å². The molecule has 7 nitrogen and oxygen atoms in total. The topological polar surface area (TPSA) is 91.4 Å². The van der Waals surface area contributed by atoms with Crippen LogP contribution >= 0.6 is 11.3 Å². The first-order valence-electron chi connectivity index (χ1n) is 12.4. The van der Waals surface area contributed by atoms with Crippen molar-refractivity contribution in [3.8, 4) is 0 Å². The van der Waals surface area contributed by atoms with Gasteiger partial charge in [0.25, 0.3) is 0 Å². The number of thiazole rings is 1. The molecule has 0 unspecified atom stereocenters. The molecule has 0 bridgehead atoms. The summed E-state index contributed by atoms with van der Waals surface area (Å²) in [5, 5.41) is 8.28. The van der Waals surface area contributed by atoms with E-state index in [4.69, 9.17) is 0 Å². The quantitative estimate of drug-likeness (QED) is 0.540. The van der Waals surface area contributed by atoms with Gasteiger partial charge in [0, 0.05) is 36.5 Å². The standard InChI is InChI=1S/C26H34N4O3S/c1-18-10-12-19(13-11-18)24(25(33)28-20-6-2-3-7-20)30(21-8-4-5-9-21)23(32)15-14-22(31)29-26-27-16-17-34-26/h10-13,16-17,20-21,24H,2-9,14-15H2,1H3,(H,28,33)(H,27,29,31)/t24-/m0/s1. The number of benzene rings is 1. The van der Waals surface area contributed by atoms with Gasteiger partial charge in [-0.3, -0.25) is 14.4 Å². The molecule has 1 aromatic heterocycles. The van der Waals surface area contributed by atoms with E-state index in [9.17, 15) is 14.4 Å². The zero-order valence-electron chi connectivity index (χ0n) is 19.8. The minimum absolute atomic E-state index is 0.00940. The molecule has 8 heteroatoms. The number of rotatable bonds is 9.